The molecule has 0 saturated carbocycles. The fourth-order valence-electron chi connectivity index (χ4n) is 2.62. The second-order valence-corrected chi connectivity index (χ2v) is 5.69. The van der Waals surface area contributed by atoms with E-state index in [0.29, 0.717) is 18.0 Å². The van der Waals surface area contributed by atoms with E-state index in [-0.39, 0.29) is 5.91 Å². The van der Waals surface area contributed by atoms with Crippen molar-refractivity contribution in [3.63, 3.8) is 0 Å². The summed E-state index contributed by atoms with van der Waals surface area (Å²) in [6.45, 7) is 4.24. The van der Waals surface area contributed by atoms with Gasteiger partial charge >= 0.3 is 0 Å². The quantitative estimate of drug-likeness (QED) is 0.713. The first-order chi connectivity index (χ1) is 12.2. The van der Waals surface area contributed by atoms with Crippen molar-refractivity contribution in [2.75, 3.05) is 11.9 Å². The number of nitrogens with one attached hydrogen (secondary N) is 1. The van der Waals surface area contributed by atoms with Crippen LogP contribution in [0.5, 0.6) is 11.5 Å². The molecule has 3 aromatic rings. The van der Waals surface area contributed by atoms with Crippen molar-refractivity contribution < 1.29 is 14.3 Å². The van der Waals surface area contributed by atoms with Gasteiger partial charge in [0.1, 0.15) is 11.5 Å². The largest absolute Gasteiger partial charge is 0.494 e. The molecular weight excluding hydrogens is 314 g/mol. The van der Waals surface area contributed by atoms with Gasteiger partial charge in [-0.05, 0) is 37.4 Å². The second kappa shape index (κ2) is 7.71. The molecule has 3 rings (SSSR count). The Morgan fingerprint density at radius 3 is 2.64 bits per heavy atom. The molecule has 0 spiro atoms. The molecule has 4 nitrogen and oxygen atoms in total. The third kappa shape index (κ3) is 4.10. The highest BCUT2D eigenvalue weighted by Gasteiger charge is 2.16. The van der Waals surface area contributed by atoms with Gasteiger partial charge in [0.2, 0.25) is 0 Å². The molecule has 0 bridgehead atoms. The Kier molecular flexibility index (Phi) is 5.19. The summed E-state index contributed by atoms with van der Waals surface area (Å²) in [5, 5.41) is 4.93. The van der Waals surface area contributed by atoms with Crippen LogP contribution in [0.3, 0.4) is 0 Å². The van der Waals surface area contributed by atoms with Crippen molar-refractivity contribution in [3.8, 4) is 11.5 Å². The summed E-state index contributed by atoms with van der Waals surface area (Å²) in [6.07, 6.45) is -0.624. The Balaban J connectivity index is 1.71. The predicted octanol–water partition coefficient (Wildman–Crippen LogP) is 4.64. The van der Waals surface area contributed by atoms with E-state index < -0.39 is 6.10 Å². The van der Waals surface area contributed by atoms with Gasteiger partial charge in [0.25, 0.3) is 5.91 Å². The fraction of sp³-hybridized carbons (Fsp3) is 0.190. The van der Waals surface area contributed by atoms with E-state index in [1.54, 1.807) is 13.0 Å². The summed E-state index contributed by atoms with van der Waals surface area (Å²) >= 11 is 0. The van der Waals surface area contributed by atoms with E-state index in [9.17, 15) is 4.79 Å². The van der Waals surface area contributed by atoms with E-state index in [4.69, 9.17) is 9.47 Å². The zero-order chi connectivity index (χ0) is 17.6. The summed E-state index contributed by atoms with van der Waals surface area (Å²) in [5.41, 5.74) is 0.685. The average Bonchev–Trinajstić information content (AvgIpc) is 2.62. The summed E-state index contributed by atoms with van der Waals surface area (Å²) in [6, 6.07) is 21.1. The van der Waals surface area contributed by atoms with Crippen molar-refractivity contribution >= 4 is 22.4 Å². The number of benzene rings is 3. The van der Waals surface area contributed by atoms with E-state index in [0.717, 1.165) is 16.5 Å². The molecule has 0 aromatic heterocycles. The molecule has 1 N–H and O–H groups in total. The van der Waals surface area contributed by atoms with Gasteiger partial charge < -0.3 is 14.8 Å². The minimum atomic E-state index is -0.624. The van der Waals surface area contributed by atoms with E-state index in [1.807, 2.05) is 67.6 Å². The summed E-state index contributed by atoms with van der Waals surface area (Å²) in [7, 11) is 0. The van der Waals surface area contributed by atoms with Crippen molar-refractivity contribution in [2.45, 2.75) is 20.0 Å². The fourth-order valence-corrected chi connectivity index (χ4v) is 2.62. The Morgan fingerprint density at radius 2 is 1.80 bits per heavy atom. The lowest BCUT2D eigenvalue weighted by Crippen LogP contribution is -2.30. The van der Waals surface area contributed by atoms with Crippen LogP contribution in [0.1, 0.15) is 13.8 Å². The molecule has 0 heterocycles. The number of fused-ring (bicyclic) bond motifs is 1. The summed E-state index contributed by atoms with van der Waals surface area (Å²) < 4.78 is 11.3. The van der Waals surface area contributed by atoms with Crippen molar-refractivity contribution in [1.82, 2.24) is 0 Å². The predicted molar refractivity (Wildman–Crippen MR) is 100 cm³/mol. The van der Waals surface area contributed by atoms with Crippen LogP contribution in [0.4, 0.5) is 5.69 Å². The van der Waals surface area contributed by atoms with Gasteiger partial charge in [0, 0.05) is 17.1 Å². The maximum atomic E-state index is 12.4. The smallest absolute Gasteiger partial charge is 0.265 e. The molecule has 128 valence electrons. The first-order valence-electron chi connectivity index (χ1n) is 8.35. The van der Waals surface area contributed by atoms with Crippen LogP contribution < -0.4 is 14.8 Å². The van der Waals surface area contributed by atoms with Gasteiger partial charge in [-0.2, -0.15) is 0 Å². The number of hydrogen-bond donors (Lipinski definition) is 1. The highest BCUT2D eigenvalue weighted by atomic mass is 16.5. The summed E-state index contributed by atoms with van der Waals surface area (Å²) in [5.74, 6) is 1.22. The standard InChI is InChI=1S/C21H21NO3/c1-3-24-18-11-7-10-17(14-18)22-21(23)15(2)25-20-13-6-9-16-8-4-5-12-19(16)20/h4-15H,3H2,1-2H3,(H,22,23). The number of amides is 1. The van der Waals surface area contributed by atoms with Crippen LogP contribution in [-0.4, -0.2) is 18.6 Å². The SMILES string of the molecule is CCOc1cccc(NC(=O)C(C)Oc2cccc3ccccc23)c1. The Labute approximate surface area is 147 Å². The topological polar surface area (TPSA) is 47.6 Å². The van der Waals surface area contributed by atoms with Gasteiger partial charge in [-0.15, -0.1) is 0 Å². The zero-order valence-electron chi connectivity index (χ0n) is 14.4. The highest BCUT2D eigenvalue weighted by Crippen LogP contribution is 2.26. The molecular formula is C21H21NO3. The number of carbonyl (C=O) groups excluding carboxylic acids is 1. The highest BCUT2D eigenvalue weighted by molar-refractivity contribution is 5.95. The van der Waals surface area contributed by atoms with Crippen LogP contribution in [0.25, 0.3) is 10.8 Å². The van der Waals surface area contributed by atoms with Gasteiger partial charge in [0.15, 0.2) is 6.10 Å². The molecule has 1 amide bonds. The zero-order valence-corrected chi connectivity index (χ0v) is 14.4. The molecule has 0 aliphatic heterocycles. The molecule has 0 aliphatic rings. The van der Waals surface area contributed by atoms with Crippen LogP contribution in [0.2, 0.25) is 0 Å². The number of anilines is 1. The maximum Gasteiger partial charge on any atom is 0.265 e. The first kappa shape index (κ1) is 16.8. The number of carbonyl (C=O) groups is 1. The van der Waals surface area contributed by atoms with Gasteiger partial charge in [-0.1, -0.05) is 42.5 Å². The van der Waals surface area contributed by atoms with Crippen LogP contribution in [0.15, 0.2) is 66.7 Å². The van der Waals surface area contributed by atoms with Crippen molar-refractivity contribution in [1.29, 1.82) is 0 Å². The normalized spacial score (nSPS) is 11.8. The van der Waals surface area contributed by atoms with Gasteiger partial charge in [-0.25, -0.2) is 0 Å². The third-order valence-electron chi connectivity index (χ3n) is 3.84. The molecule has 0 fully saturated rings. The second-order valence-electron chi connectivity index (χ2n) is 5.69. The maximum absolute atomic E-state index is 12.4. The molecule has 0 radical (unpaired) electrons. The first-order valence-corrected chi connectivity index (χ1v) is 8.35. The minimum Gasteiger partial charge on any atom is -0.494 e. The van der Waals surface area contributed by atoms with E-state index in [2.05, 4.69) is 5.32 Å². The number of ether oxygens (including phenoxy) is 2. The lowest BCUT2D eigenvalue weighted by atomic mass is 10.1. The lowest BCUT2D eigenvalue weighted by Gasteiger charge is -2.16. The van der Waals surface area contributed by atoms with Crippen LogP contribution in [0, 0.1) is 0 Å². The summed E-state index contributed by atoms with van der Waals surface area (Å²) in [4.78, 5) is 12.4. The Bertz CT molecular complexity index is 870. The third-order valence-corrected chi connectivity index (χ3v) is 3.84. The van der Waals surface area contributed by atoms with Crippen LogP contribution >= 0.6 is 0 Å². The molecule has 3 aromatic carbocycles. The molecule has 0 aliphatic carbocycles. The van der Waals surface area contributed by atoms with Crippen molar-refractivity contribution in [2.24, 2.45) is 0 Å². The average molecular weight is 335 g/mol. The number of hydrogen-bond acceptors (Lipinski definition) is 3. The van der Waals surface area contributed by atoms with E-state index >= 15 is 0 Å². The van der Waals surface area contributed by atoms with Gasteiger partial charge in [-0.3, -0.25) is 4.79 Å². The lowest BCUT2D eigenvalue weighted by molar-refractivity contribution is -0.122. The molecule has 0 saturated heterocycles. The van der Waals surface area contributed by atoms with Gasteiger partial charge in [0.05, 0.1) is 6.61 Å². The number of rotatable bonds is 6. The minimum absolute atomic E-state index is 0.207. The Morgan fingerprint density at radius 1 is 1.04 bits per heavy atom. The van der Waals surface area contributed by atoms with E-state index in [1.165, 1.54) is 0 Å². The monoisotopic (exact) mass is 335 g/mol. The van der Waals surface area contributed by atoms with Crippen molar-refractivity contribution in [3.05, 3.63) is 66.7 Å². The molecule has 25 heavy (non-hydrogen) atoms. The molecule has 1 atom stereocenters. The Hall–Kier alpha value is -3.01. The molecule has 4 heteroatoms. The van der Waals surface area contributed by atoms with Crippen LogP contribution in [-0.2, 0) is 4.79 Å². The molecule has 1 unspecified atom stereocenters.